The van der Waals surface area contributed by atoms with E-state index in [0.717, 1.165) is 10.7 Å². The van der Waals surface area contributed by atoms with Crippen molar-refractivity contribution in [1.82, 2.24) is 9.88 Å². The van der Waals surface area contributed by atoms with Crippen LogP contribution in [0.4, 0.5) is 5.13 Å². The molecule has 0 unspecified atom stereocenters. The van der Waals surface area contributed by atoms with E-state index in [9.17, 15) is 9.59 Å². The van der Waals surface area contributed by atoms with Crippen LogP contribution in [0.25, 0.3) is 11.3 Å². The van der Waals surface area contributed by atoms with Gasteiger partial charge < -0.3 is 14.2 Å². The molecule has 1 aliphatic rings. The molecule has 1 aliphatic heterocycles. The van der Waals surface area contributed by atoms with E-state index in [0.29, 0.717) is 58.1 Å². The van der Waals surface area contributed by atoms with E-state index in [4.69, 9.17) is 32.6 Å². The summed E-state index contributed by atoms with van der Waals surface area (Å²) in [4.78, 5) is 35.3. The number of carbonyl (C=O) groups excluding carboxylic acids is 2. The standard InChI is InChI=1S/C25H19Cl2N3O3S/c26-17-8-9-18(19(27)15-17)22(31)23-21(16-5-2-1-3-6-16)28-25(34-23)30-12-10-29(11-13-30)24(32)20-7-4-14-33-20/h1-9,14-15H,10-13H2. The SMILES string of the molecule is O=C(c1ccc(Cl)cc1Cl)c1sc(N2CCN(C(=O)c3ccco3)CC2)nc1-c1ccccc1. The third kappa shape index (κ3) is 4.46. The molecular formula is C25H19Cl2N3O3S. The van der Waals surface area contributed by atoms with Gasteiger partial charge in [0.1, 0.15) is 4.88 Å². The first kappa shape index (κ1) is 22.7. The maximum Gasteiger partial charge on any atom is 0.289 e. The molecule has 0 N–H and O–H groups in total. The van der Waals surface area contributed by atoms with Crippen molar-refractivity contribution >= 4 is 51.4 Å². The molecule has 0 saturated carbocycles. The summed E-state index contributed by atoms with van der Waals surface area (Å²) in [6, 6.07) is 17.8. The zero-order chi connectivity index (χ0) is 23.7. The summed E-state index contributed by atoms with van der Waals surface area (Å²) >= 11 is 13.7. The second-order valence-electron chi connectivity index (χ2n) is 7.75. The summed E-state index contributed by atoms with van der Waals surface area (Å²) in [6.45, 7) is 2.27. The van der Waals surface area contributed by atoms with E-state index in [2.05, 4.69) is 4.90 Å². The number of aromatic nitrogens is 1. The number of nitrogens with zero attached hydrogens (tertiary/aromatic N) is 3. The number of furan rings is 1. The lowest BCUT2D eigenvalue weighted by molar-refractivity contribution is 0.0714. The van der Waals surface area contributed by atoms with Gasteiger partial charge in [0.15, 0.2) is 10.9 Å². The molecule has 4 aromatic rings. The number of halogens is 2. The van der Waals surface area contributed by atoms with Crippen molar-refractivity contribution in [2.75, 3.05) is 31.1 Å². The summed E-state index contributed by atoms with van der Waals surface area (Å²) in [6.07, 6.45) is 1.50. The Morgan fingerprint density at radius 1 is 0.941 bits per heavy atom. The fourth-order valence-electron chi connectivity index (χ4n) is 3.84. The first-order chi connectivity index (χ1) is 16.5. The molecule has 0 bridgehead atoms. The van der Waals surface area contributed by atoms with Gasteiger partial charge in [0.05, 0.1) is 17.0 Å². The van der Waals surface area contributed by atoms with Crippen molar-refractivity contribution in [2.24, 2.45) is 0 Å². The summed E-state index contributed by atoms with van der Waals surface area (Å²) in [5, 5.41) is 1.51. The zero-order valence-electron chi connectivity index (χ0n) is 17.9. The van der Waals surface area contributed by atoms with Crippen molar-refractivity contribution in [3.05, 3.63) is 93.2 Å². The number of hydrogen-bond acceptors (Lipinski definition) is 6. The van der Waals surface area contributed by atoms with Crippen molar-refractivity contribution < 1.29 is 14.0 Å². The molecule has 0 radical (unpaired) electrons. The molecule has 172 valence electrons. The molecule has 9 heteroatoms. The lowest BCUT2D eigenvalue weighted by Gasteiger charge is -2.34. The molecule has 34 heavy (non-hydrogen) atoms. The molecule has 5 rings (SSSR count). The molecular weight excluding hydrogens is 493 g/mol. The molecule has 3 heterocycles. The average molecular weight is 512 g/mol. The van der Waals surface area contributed by atoms with Crippen LogP contribution in [0.1, 0.15) is 25.8 Å². The van der Waals surface area contributed by atoms with E-state index in [1.807, 2.05) is 30.3 Å². The van der Waals surface area contributed by atoms with Gasteiger partial charge in [-0.15, -0.1) is 0 Å². The fraction of sp³-hybridized carbons (Fsp3) is 0.160. The summed E-state index contributed by atoms with van der Waals surface area (Å²) in [5.41, 5.74) is 1.85. The highest BCUT2D eigenvalue weighted by Crippen LogP contribution is 2.36. The topological polar surface area (TPSA) is 66.7 Å². The number of rotatable bonds is 5. The Kier molecular flexibility index (Phi) is 6.41. The third-order valence-electron chi connectivity index (χ3n) is 5.61. The molecule has 0 spiro atoms. The highest BCUT2D eigenvalue weighted by atomic mass is 35.5. The maximum atomic E-state index is 13.5. The summed E-state index contributed by atoms with van der Waals surface area (Å²) < 4.78 is 5.24. The van der Waals surface area contributed by atoms with Crippen molar-refractivity contribution in [1.29, 1.82) is 0 Å². The predicted molar refractivity (Wildman–Crippen MR) is 134 cm³/mol. The number of hydrogen-bond donors (Lipinski definition) is 0. The van der Waals surface area contributed by atoms with Crippen molar-refractivity contribution in [3.63, 3.8) is 0 Å². The number of anilines is 1. The van der Waals surface area contributed by atoms with Gasteiger partial charge in [-0.3, -0.25) is 9.59 Å². The van der Waals surface area contributed by atoms with Crippen LogP contribution in [0.2, 0.25) is 10.0 Å². The van der Waals surface area contributed by atoms with Crippen LogP contribution >= 0.6 is 34.5 Å². The van der Waals surface area contributed by atoms with E-state index >= 15 is 0 Å². The zero-order valence-corrected chi connectivity index (χ0v) is 20.2. The highest BCUT2D eigenvalue weighted by Gasteiger charge is 2.28. The number of carbonyl (C=O) groups is 2. The number of ketones is 1. The second kappa shape index (κ2) is 9.62. The molecule has 1 fully saturated rings. The number of benzene rings is 2. The Balaban J connectivity index is 1.43. The smallest absolute Gasteiger partial charge is 0.289 e. The molecule has 2 aromatic carbocycles. The average Bonchev–Trinajstić information content (AvgIpc) is 3.55. The molecule has 0 atom stereocenters. The Morgan fingerprint density at radius 2 is 1.71 bits per heavy atom. The third-order valence-corrected chi connectivity index (χ3v) is 7.28. The monoisotopic (exact) mass is 511 g/mol. The van der Waals surface area contributed by atoms with Gasteiger partial charge in [-0.2, -0.15) is 0 Å². The van der Waals surface area contributed by atoms with Crippen LogP contribution in [-0.2, 0) is 0 Å². The van der Waals surface area contributed by atoms with E-state index < -0.39 is 0 Å². The Labute approximate surface area is 210 Å². The minimum atomic E-state index is -0.198. The minimum Gasteiger partial charge on any atom is -0.459 e. The van der Waals surface area contributed by atoms with Gasteiger partial charge in [0.2, 0.25) is 5.78 Å². The van der Waals surface area contributed by atoms with Crippen LogP contribution in [-0.4, -0.2) is 47.8 Å². The maximum absolute atomic E-state index is 13.5. The van der Waals surface area contributed by atoms with Gasteiger partial charge in [-0.05, 0) is 30.3 Å². The lowest BCUT2D eigenvalue weighted by atomic mass is 10.1. The quantitative estimate of drug-likeness (QED) is 0.312. The molecule has 0 aliphatic carbocycles. The molecule has 6 nitrogen and oxygen atoms in total. The predicted octanol–water partition coefficient (Wildman–Crippen LogP) is 5.90. The van der Waals surface area contributed by atoms with Crippen LogP contribution < -0.4 is 4.90 Å². The molecule has 1 amide bonds. The van der Waals surface area contributed by atoms with Crippen LogP contribution in [0.3, 0.4) is 0 Å². The largest absolute Gasteiger partial charge is 0.459 e. The van der Waals surface area contributed by atoms with Crippen LogP contribution in [0.5, 0.6) is 0 Å². The van der Waals surface area contributed by atoms with Gasteiger partial charge in [-0.1, -0.05) is 64.9 Å². The minimum absolute atomic E-state index is 0.123. The number of thiazole rings is 1. The first-order valence-corrected chi connectivity index (χ1v) is 12.2. The Morgan fingerprint density at radius 3 is 2.38 bits per heavy atom. The van der Waals surface area contributed by atoms with Crippen LogP contribution in [0, 0.1) is 0 Å². The molecule has 2 aromatic heterocycles. The Hall–Kier alpha value is -3.13. The Bertz CT molecular complexity index is 1330. The van der Waals surface area contributed by atoms with Gasteiger partial charge in [0, 0.05) is 42.3 Å². The van der Waals surface area contributed by atoms with E-state index in [1.54, 1.807) is 35.2 Å². The number of piperazine rings is 1. The molecule has 1 saturated heterocycles. The normalized spacial score (nSPS) is 13.8. The second-order valence-corrected chi connectivity index (χ2v) is 9.57. The number of amides is 1. The van der Waals surface area contributed by atoms with Crippen LogP contribution in [0.15, 0.2) is 71.3 Å². The van der Waals surface area contributed by atoms with Gasteiger partial charge in [-0.25, -0.2) is 4.98 Å². The summed E-state index contributed by atoms with van der Waals surface area (Å²) in [5.74, 6) is 0.0136. The first-order valence-electron chi connectivity index (χ1n) is 10.6. The highest BCUT2D eigenvalue weighted by molar-refractivity contribution is 7.18. The van der Waals surface area contributed by atoms with E-state index in [-0.39, 0.29) is 11.7 Å². The van der Waals surface area contributed by atoms with Crippen molar-refractivity contribution in [3.8, 4) is 11.3 Å². The van der Waals surface area contributed by atoms with E-state index in [1.165, 1.54) is 17.6 Å². The van der Waals surface area contributed by atoms with Crippen molar-refractivity contribution in [2.45, 2.75) is 0 Å². The fourth-order valence-corrected chi connectivity index (χ4v) is 5.43. The van der Waals surface area contributed by atoms with Gasteiger partial charge in [0.25, 0.3) is 5.91 Å². The summed E-state index contributed by atoms with van der Waals surface area (Å²) in [7, 11) is 0. The lowest BCUT2D eigenvalue weighted by Crippen LogP contribution is -2.48. The van der Waals surface area contributed by atoms with Gasteiger partial charge >= 0.3 is 0 Å².